The molecule has 5 rings (SSSR count). The topological polar surface area (TPSA) is 147 Å². The summed E-state index contributed by atoms with van der Waals surface area (Å²) in [6.45, 7) is 23.9. The minimum absolute atomic E-state index is 0.0370. The summed E-state index contributed by atoms with van der Waals surface area (Å²) in [4.78, 5) is 55.9. The Morgan fingerprint density at radius 1 is 0.809 bits per heavy atom. The van der Waals surface area contributed by atoms with Crippen LogP contribution in [0.15, 0.2) is 11.3 Å². The van der Waals surface area contributed by atoms with Gasteiger partial charge in [-0.05, 0) is 67.7 Å². The molecule has 4 unspecified atom stereocenters. The summed E-state index contributed by atoms with van der Waals surface area (Å²) in [7, 11) is 0. The molecule has 2 aliphatic carbocycles. The van der Waals surface area contributed by atoms with Gasteiger partial charge in [0.15, 0.2) is 23.1 Å². The SMILES string of the molecule is CC(C)C(=O)c1c(O)c(C(C2=C(O)C(C)(C)C(=O)C(C)(C)C2=O)C(C)C)c2c3c1OC(C)(C)CC3C1C(C)(C)C(=O)C(C)(C)C1(O)O2. The third kappa shape index (κ3) is 4.29. The number of hydrogen-bond acceptors (Lipinski definition) is 9. The molecule has 258 valence electrons. The fraction of sp³-hybridized carbons (Fsp3) is 0.684. The van der Waals surface area contributed by atoms with Crippen molar-refractivity contribution in [2.24, 2.45) is 39.4 Å². The Balaban J connectivity index is 2.00. The van der Waals surface area contributed by atoms with E-state index in [1.807, 2.05) is 27.7 Å². The molecule has 0 radical (unpaired) electrons. The van der Waals surface area contributed by atoms with E-state index in [4.69, 9.17) is 9.47 Å². The highest BCUT2D eigenvalue weighted by molar-refractivity contribution is 6.19. The van der Waals surface area contributed by atoms with Crippen LogP contribution >= 0.6 is 0 Å². The largest absolute Gasteiger partial charge is 0.511 e. The van der Waals surface area contributed by atoms with Crippen LogP contribution in [0.5, 0.6) is 17.2 Å². The van der Waals surface area contributed by atoms with Crippen LogP contribution in [0.25, 0.3) is 0 Å². The number of fused-ring (bicyclic) bond motifs is 2. The Labute approximate surface area is 278 Å². The van der Waals surface area contributed by atoms with E-state index in [0.29, 0.717) is 12.0 Å². The van der Waals surface area contributed by atoms with Crippen molar-refractivity contribution >= 4 is 23.1 Å². The quantitative estimate of drug-likeness (QED) is 0.227. The van der Waals surface area contributed by atoms with Crippen LogP contribution in [0, 0.1) is 39.4 Å². The van der Waals surface area contributed by atoms with Crippen LogP contribution in [0.3, 0.4) is 0 Å². The number of ketones is 4. The number of rotatable bonds is 5. The number of phenols is 1. The number of carbonyl (C=O) groups excluding carboxylic acids is 4. The first kappa shape index (κ1) is 35.1. The van der Waals surface area contributed by atoms with Gasteiger partial charge in [0.05, 0.1) is 16.2 Å². The summed E-state index contributed by atoms with van der Waals surface area (Å²) < 4.78 is 13.2. The first-order valence-corrected chi connectivity index (χ1v) is 16.8. The average Bonchev–Trinajstić information content (AvgIpc) is 3.03. The first-order chi connectivity index (χ1) is 21.1. The summed E-state index contributed by atoms with van der Waals surface area (Å²) in [6, 6.07) is 0. The molecule has 1 saturated carbocycles. The number of Topliss-reactive ketones (excluding diaryl/α,β-unsaturated/α-hetero) is 4. The lowest BCUT2D eigenvalue weighted by Gasteiger charge is -2.53. The second-order valence-electron chi connectivity index (χ2n) is 17.7. The van der Waals surface area contributed by atoms with Crippen molar-refractivity contribution < 1.29 is 44.0 Å². The van der Waals surface area contributed by atoms with E-state index in [1.165, 1.54) is 13.8 Å². The van der Waals surface area contributed by atoms with Gasteiger partial charge >= 0.3 is 0 Å². The lowest BCUT2D eigenvalue weighted by Crippen LogP contribution is -2.58. The summed E-state index contributed by atoms with van der Waals surface area (Å²) in [5.74, 6) is -7.78. The van der Waals surface area contributed by atoms with E-state index in [2.05, 4.69) is 0 Å². The van der Waals surface area contributed by atoms with Crippen LogP contribution in [-0.2, 0) is 14.4 Å². The number of ether oxygens (including phenoxy) is 2. The van der Waals surface area contributed by atoms with Gasteiger partial charge in [0.1, 0.15) is 34.2 Å². The van der Waals surface area contributed by atoms with Crippen LogP contribution in [0.4, 0.5) is 0 Å². The van der Waals surface area contributed by atoms with Gasteiger partial charge in [-0.15, -0.1) is 0 Å². The highest BCUT2D eigenvalue weighted by atomic mass is 16.6. The Bertz CT molecular complexity index is 1670. The number of phenolic OH excluding ortho intramolecular Hbond substituents is 1. The maximum atomic E-state index is 14.3. The van der Waals surface area contributed by atoms with Crippen molar-refractivity contribution in [3.05, 3.63) is 28.0 Å². The molecule has 0 saturated heterocycles. The molecule has 0 bridgehead atoms. The minimum Gasteiger partial charge on any atom is -0.511 e. The summed E-state index contributed by atoms with van der Waals surface area (Å²) in [5, 5.41) is 36.8. The number of aliphatic hydroxyl groups is 2. The fourth-order valence-electron chi connectivity index (χ4n) is 9.31. The Kier molecular flexibility index (Phi) is 7.42. The predicted molar refractivity (Wildman–Crippen MR) is 176 cm³/mol. The van der Waals surface area contributed by atoms with Crippen molar-refractivity contribution in [3.8, 4) is 17.2 Å². The van der Waals surface area contributed by atoms with Crippen molar-refractivity contribution in [1.82, 2.24) is 0 Å². The molecule has 1 aromatic carbocycles. The predicted octanol–water partition coefficient (Wildman–Crippen LogP) is 6.96. The molecular formula is C38H52O9. The smallest absolute Gasteiger partial charge is 0.224 e. The zero-order valence-electron chi connectivity index (χ0n) is 30.4. The molecule has 2 heterocycles. The lowest BCUT2D eigenvalue weighted by atomic mass is 9.59. The molecule has 1 fully saturated rings. The molecule has 0 spiro atoms. The van der Waals surface area contributed by atoms with E-state index in [1.54, 1.807) is 55.4 Å². The van der Waals surface area contributed by atoms with Crippen molar-refractivity contribution in [2.45, 2.75) is 127 Å². The number of allylic oxidation sites excluding steroid dienone is 2. The van der Waals surface area contributed by atoms with E-state index in [9.17, 15) is 34.5 Å². The summed E-state index contributed by atoms with van der Waals surface area (Å²) >= 11 is 0. The Morgan fingerprint density at radius 2 is 1.36 bits per heavy atom. The van der Waals surface area contributed by atoms with Crippen molar-refractivity contribution in [3.63, 3.8) is 0 Å². The van der Waals surface area contributed by atoms with Crippen LogP contribution in [0.2, 0.25) is 0 Å². The molecule has 47 heavy (non-hydrogen) atoms. The molecule has 0 amide bonds. The number of aromatic hydroxyl groups is 1. The van der Waals surface area contributed by atoms with Crippen molar-refractivity contribution in [1.29, 1.82) is 0 Å². The molecule has 1 aromatic rings. The summed E-state index contributed by atoms with van der Waals surface area (Å²) in [6.07, 6.45) is 0.365. The van der Waals surface area contributed by atoms with Gasteiger partial charge in [0.2, 0.25) is 5.79 Å². The highest BCUT2D eigenvalue weighted by Gasteiger charge is 2.75. The van der Waals surface area contributed by atoms with Gasteiger partial charge in [-0.2, -0.15) is 0 Å². The molecule has 4 aliphatic rings. The highest BCUT2D eigenvalue weighted by Crippen LogP contribution is 2.70. The lowest BCUT2D eigenvalue weighted by molar-refractivity contribution is -0.242. The van der Waals surface area contributed by atoms with Crippen LogP contribution < -0.4 is 9.47 Å². The molecular weight excluding hydrogens is 600 g/mol. The van der Waals surface area contributed by atoms with Gasteiger partial charge in [-0.25, -0.2) is 0 Å². The van der Waals surface area contributed by atoms with Gasteiger partial charge in [0, 0.05) is 45.8 Å². The molecule has 4 atom stereocenters. The van der Waals surface area contributed by atoms with Crippen LogP contribution in [-0.4, -0.2) is 49.8 Å². The van der Waals surface area contributed by atoms with Gasteiger partial charge in [-0.3, -0.25) is 19.2 Å². The maximum absolute atomic E-state index is 14.3. The second kappa shape index (κ2) is 9.93. The van der Waals surface area contributed by atoms with E-state index >= 15 is 0 Å². The second-order valence-corrected chi connectivity index (χ2v) is 17.7. The molecule has 2 aliphatic heterocycles. The number of hydrogen-bond donors (Lipinski definition) is 3. The Hall–Kier alpha value is -3.20. The van der Waals surface area contributed by atoms with Gasteiger partial charge in [0.25, 0.3) is 0 Å². The third-order valence-corrected chi connectivity index (χ3v) is 11.7. The van der Waals surface area contributed by atoms with Crippen molar-refractivity contribution in [2.75, 3.05) is 0 Å². The van der Waals surface area contributed by atoms with Crippen LogP contribution in [0.1, 0.15) is 137 Å². The molecule has 9 heteroatoms. The number of aliphatic hydroxyl groups excluding tert-OH is 1. The summed E-state index contributed by atoms with van der Waals surface area (Å²) in [5.41, 5.74) is -5.83. The molecule has 9 nitrogen and oxygen atoms in total. The number of carbonyl (C=O) groups is 4. The minimum atomic E-state index is -2.04. The third-order valence-electron chi connectivity index (χ3n) is 11.7. The van der Waals surface area contributed by atoms with E-state index in [0.717, 1.165) is 0 Å². The maximum Gasteiger partial charge on any atom is 0.224 e. The standard InChI is InChI=1S/C38H52O9/c1-16(2)19(22-29(41)35(9,10)31(43)36(11,12)30(22)42)21-25(40)23(24(39)17(3)4)27-20-18(15-33(5,6)46-27)28-34(7,8)32(44)37(13,14)38(28,45)47-26(20)21/h16-19,28,40-41,45H,15H2,1-14H3. The Morgan fingerprint density at radius 3 is 1.87 bits per heavy atom. The number of benzene rings is 1. The normalized spacial score (nSPS) is 30.1. The average molecular weight is 653 g/mol. The molecule has 0 aromatic heterocycles. The first-order valence-electron chi connectivity index (χ1n) is 16.8. The fourth-order valence-corrected chi connectivity index (χ4v) is 9.31. The molecule has 3 N–H and O–H groups in total. The van der Waals surface area contributed by atoms with E-state index in [-0.39, 0.29) is 34.0 Å². The zero-order chi connectivity index (χ0) is 35.9. The monoisotopic (exact) mass is 652 g/mol. The van der Waals surface area contributed by atoms with Gasteiger partial charge in [-0.1, -0.05) is 41.5 Å². The van der Waals surface area contributed by atoms with Gasteiger partial charge < -0.3 is 24.8 Å². The zero-order valence-corrected chi connectivity index (χ0v) is 30.4. The van der Waals surface area contributed by atoms with E-state index < -0.39 is 91.5 Å².